The van der Waals surface area contributed by atoms with Crippen LogP contribution in [0.1, 0.15) is 25.3 Å². The van der Waals surface area contributed by atoms with Crippen LogP contribution in [-0.4, -0.2) is 34.9 Å². The molecule has 0 spiro atoms. The van der Waals surface area contributed by atoms with E-state index in [9.17, 15) is 14.9 Å². The predicted octanol–water partition coefficient (Wildman–Crippen LogP) is 2.49. The Morgan fingerprint density at radius 1 is 1.59 bits per heavy atom. The van der Waals surface area contributed by atoms with Crippen LogP contribution >= 0.6 is 15.9 Å². The van der Waals surface area contributed by atoms with Crippen LogP contribution in [-0.2, 0) is 11.2 Å². The zero-order valence-corrected chi connectivity index (χ0v) is 14.1. The van der Waals surface area contributed by atoms with E-state index in [0.29, 0.717) is 16.9 Å². The fourth-order valence-electron chi connectivity index (χ4n) is 2.73. The Morgan fingerprint density at radius 2 is 2.32 bits per heavy atom. The summed E-state index contributed by atoms with van der Waals surface area (Å²) in [5.41, 5.74) is 6.72. The highest BCUT2D eigenvalue weighted by molar-refractivity contribution is 9.10. The van der Waals surface area contributed by atoms with E-state index in [1.54, 1.807) is 6.07 Å². The molecule has 1 saturated heterocycles. The first-order valence-corrected chi connectivity index (χ1v) is 8.14. The molecule has 22 heavy (non-hydrogen) atoms. The molecule has 1 aromatic carbocycles. The number of rotatable bonds is 4. The van der Waals surface area contributed by atoms with Gasteiger partial charge in [-0.15, -0.1) is 0 Å². The largest absolute Gasteiger partial charge is 0.342 e. The second-order valence-electron chi connectivity index (χ2n) is 5.81. The van der Waals surface area contributed by atoms with Gasteiger partial charge in [0.1, 0.15) is 0 Å². The Labute approximate surface area is 137 Å². The van der Waals surface area contributed by atoms with Crippen LogP contribution in [0.3, 0.4) is 0 Å². The zero-order valence-electron chi connectivity index (χ0n) is 12.5. The van der Waals surface area contributed by atoms with Crippen molar-refractivity contribution in [2.45, 2.75) is 32.2 Å². The maximum atomic E-state index is 12.4. The third-order valence-electron chi connectivity index (χ3n) is 4.14. The Bertz CT molecular complexity index is 577. The molecule has 1 heterocycles. The van der Waals surface area contributed by atoms with Gasteiger partial charge >= 0.3 is 0 Å². The van der Waals surface area contributed by atoms with Crippen molar-refractivity contribution in [3.8, 4) is 0 Å². The van der Waals surface area contributed by atoms with Crippen LogP contribution in [0.25, 0.3) is 0 Å². The van der Waals surface area contributed by atoms with Crippen molar-refractivity contribution in [3.05, 3.63) is 38.3 Å². The monoisotopic (exact) mass is 369 g/mol. The Hall–Kier alpha value is -1.47. The SMILES string of the molecule is CC(N)C1CCCN(C(=O)Cc2ccc([N+](=O)[O-])cc2Br)C1. The lowest BCUT2D eigenvalue weighted by atomic mass is 9.92. The first-order chi connectivity index (χ1) is 10.4. The average Bonchev–Trinajstić information content (AvgIpc) is 2.49. The lowest BCUT2D eigenvalue weighted by Gasteiger charge is -2.34. The number of hydrogen-bond acceptors (Lipinski definition) is 4. The number of nitro groups is 1. The lowest BCUT2D eigenvalue weighted by molar-refractivity contribution is -0.384. The van der Waals surface area contributed by atoms with Crippen LogP contribution in [0.5, 0.6) is 0 Å². The summed E-state index contributed by atoms with van der Waals surface area (Å²) in [7, 11) is 0. The standard InChI is InChI=1S/C15H20BrN3O3/c1-10(17)12-3-2-6-18(9-12)15(20)7-11-4-5-13(19(21)22)8-14(11)16/h4-5,8,10,12H,2-3,6-7,9,17H2,1H3. The van der Waals surface area contributed by atoms with Crippen molar-refractivity contribution in [1.82, 2.24) is 4.90 Å². The molecule has 0 radical (unpaired) electrons. The molecule has 1 aliphatic heterocycles. The van der Waals surface area contributed by atoms with Crippen molar-refractivity contribution < 1.29 is 9.72 Å². The normalized spacial score (nSPS) is 19.8. The number of likely N-dealkylation sites (tertiary alicyclic amines) is 1. The van der Waals surface area contributed by atoms with E-state index in [4.69, 9.17) is 5.73 Å². The number of halogens is 1. The number of benzene rings is 1. The first kappa shape index (κ1) is 16.9. The van der Waals surface area contributed by atoms with Gasteiger partial charge in [-0.3, -0.25) is 14.9 Å². The average molecular weight is 370 g/mol. The van der Waals surface area contributed by atoms with E-state index in [2.05, 4.69) is 15.9 Å². The molecule has 0 aromatic heterocycles. The van der Waals surface area contributed by atoms with Crippen LogP contribution < -0.4 is 5.73 Å². The van der Waals surface area contributed by atoms with Crippen molar-refractivity contribution >= 4 is 27.5 Å². The molecule has 2 N–H and O–H groups in total. The summed E-state index contributed by atoms with van der Waals surface area (Å²) in [6.45, 7) is 3.43. The molecule has 1 fully saturated rings. The minimum absolute atomic E-state index is 0.0121. The fourth-order valence-corrected chi connectivity index (χ4v) is 3.24. The summed E-state index contributed by atoms with van der Waals surface area (Å²) in [6, 6.07) is 4.58. The zero-order chi connectivity index (χ0) is 16.3. The van der Waals surface area contributed by atoms with Gasteiger partial charge in [0.05, 0.1) is 11.3 Å². The van der Waals surface area contributed by atoms with Crippen molar-refractivity contribution in [3.63, 3.8) is 0 Å². The van der Waals surface area contributed by atoms with Gasteiger partial charge in [0.2, 0.25) is 5.91 Å². The smallest absolute Gasteiger partial charge is 0.270 e. The summed E-state index contributed by atoms with van der Waals surface area (Å²) < 4.78 is 0.593. The molecule has 0 bridgehead atoms. The van der Waals surface area contributed by atoms with Gasteiger partial charge in [0, 0.05) is 35.7 Å². The minimum Gasteiger partial charge on any atom is -0.342 e. The number of carbonyl (C=O) groups is 1. The first-order valence-electron chi connectivity index (χ1n) is 7.34. The summed E-state index contributed by atoms with van der Waals surface area (Å²) in [5, 5.41) is 10.7. The topological polar surface area (TPSA) is 89.5 Å². The highest BCUT2D eigenvalue weighted by Gasteiger charge is 2.26. The van der Waals surface area contributed by atoms with Gasteiger partial charge in [0.25, 0.3) is 5.69 Å². The van der Waals surface area contributed by atoms with Gasteiger partial charge < -0.3 is 10.6 Å². The third kappa shape index (κ3) is 4.04. The van der Waals surface area contributed by atoms with Crippen LogP contribution in [0.2, 0.25) is 0 Å². The predicted molar refractivity (Wildman–Crippen MR) is 87.5 cm³/mol. The van der Waals surface area contributed by atoms with Crippen molar-refractivity contribution in [1.29, 1.82) is 0 Å². The Kier molecular flexibility index (Phi) is 5.52. The van der Waals surface area contributed by atoms with E-state index in [-0.39, 0.29) is 24.1 Å². The third-order valence-corrected chi connectivity index (χ3v) is 4.88. The second-order valence-corrected chi connectivity index (χ2v) is 6.67. The van der Waals surface area contributed by atoms with Gasteiger partial charge in [-0.05, 0) is 31.2 Å². The van der Waals surface area contributed by atoms with E-state index in [0.717, 1.165) is 24.9 Å². The molecule has 1 aliphatic rings. The summed E-state index contributed by atoms with van der Waals surface area (Å²) in [4.78, 5) is 24.6. The second kappa shape index (κ2) is 7.19. The quantitative estimate of drug-likeness (QED) is 0.651. The molecule has 6 nitrogen and oxygen atoms in total. The molecule has 1 amide bonds. The molecule has 0 saturated carbocycles. The van der Waals surface area contributed by atoms with E-state index in [1.807, 2.05) is 11.8 Å². The molecular weight excluding hydrogens is 350 g/mol. The molecule has 1 aromatic rings. The van der Waals surface area contributed by atoms with Crippen LogP contribution in [0.15, 0.2) is 22.7 Å². The maximum absolute atomic E-state index is 12.4. The van der Waals surface area contributed by atoms with Crippen molar-refractivity contribution in [2.24, 2.45) is 11.7 Å². The summed E-state index contributed by atoms with van der Waals surface area (Å²) in [6.07, 6.45) is 2.27. The molecule has 7 heteroatoms. The number of amides is 1. The number of hydrogen-bond donors (Lipinski definition) is 1. The van der Waals surface area contributed by atoms with E-state index >= 15 is 0 Å². The number of nitrogens with zero attached hydrogens (tertiary/aromatic N) is 2. The maximum Gasteiger partial charge on any atom is 0.270 e. The minimum atomic E-state index is -0.450. The number of piperidine rings is 1. The molecule has 120 valence electrons. The van der Waals surface area contributed by atoms with Crippen LogP contribution in [0, 0.1) is 16.0 Å². The molecule has 2 unspecified atom stereocenters. The number of nitro benzene ring substituents is 1. The number of nitrogens with two attached hydrogens (primary N) is 1. The Balaban J connectivity index is 2.04. The molecule has 2 atom stereocenters. The van der Waals surface area contributed by atoms with Gasteiger partial charge in [0.15, 0.2) is 0 Å². The lowest BCUT2D eigenvalue weighted by Crippen LogP contribution is -2.45. The Morgan fingerprint density at radius 3 is 2.91 bits per heavy atom. The molecule has 0 aliphatic carbocycles. The molecule has 2 rings (SSSR count). The highest BCUT2D eigenvalue weighted by atomic mass is 79.9. The molecular formula is C15H20BrN3O3. The summed E-state index contributed by atoms with van der Waals surface area (Å²) in [5.74, 6) is 0.387. The highest BCUT2D eigenvalue weighted by Crippen LogP contribution is 2.25. The fraction of sp³-hybridized carbons (Fsp3) is 0.533. The van der Waals surface area contributed by atoms with Gasteiger partial charge in [-0.2, -0.15) is 0 Å². The number of non-ortho nitro benzene ring substituents is 1. The summed E-state index contributed by atoms with van der Waals surface area (Å²) >= 11 is 3.31. The van der Waals surface area contributed by atoms with E-state index < -0.39 is 4.92 Å². The van der Waals surface area contributed by atoms with E-state index in [1.165, 1.54) is 12.1 Å². The van der Waals surface area contributed by atoms with Crippen LogP contribution in [0.4, 0.5) is 5.69 Å². The van der Waals surface area contributed by atoms with Crippen molar-refractivity contribution in [2.75, 3.05) is 13.1 Å². The number of carbonyl (C=O) groups excluding carboxylic acids is 1. The van der Waals surface area contributed by atoms with Gasteiger partial charge in [-0.1, -0.05) is 22.0 Å². The van der Waals surface area contributed by atoms with Gasteiger partial charge in [-0.25, -0.2) is 0 Å².